The molecular weight excluding hydrogens is 276 g/mol. The SMILES string of the molecule is O=S1N=C(Cc2cccc(-c3cccc(O)c3)c2)NO1. The summed E-state index contributed by atoms with van der Waals surface area (Å²) >= 11 is -1.63. The van der Waals surface area contributed by atoms with Gasteiger partial charge in [0.1, 0.15) is 11.6 Å². The van der Waals surface area contributed by atoms with Crippen LogP contribution >= 0.6 is 0 Å². The van der Waals surface area contributed by atoms with Gasteiger partial charge in [-0.15, -0.1) is 4.40 Å². The summed E-state index contributed by atoms with van der Waals surface area (Å²) in [6.45, 7) is 0. The number of aromatic hydroxyl groups is 1. The zero-order valence-electron chi connectivity index (χ0n) is 10.4. The average Bonchev–Trinajstić information content (AvgIpc) is 2.84. The van der Waals surface area contributed by atoms with E-state index in [2.05, 4.69) is 14.2 Å². The molecule has 6 heteroatoms. The number of hydrogen-bond acceptors (Lipinski definition) is 4. The molecule has 0 fully saturated rings. The molecule has 1 unspecified atom stereocenters. The van der Waals surface area contributed by atoms with Crippen molar-refractivity contribution < 1.29 is 13.6 Å². The largest absolute Gasteiger partial charge is 0.508 e. The van der Waals surface area contributed by atoms with Crippen molar-refractivity contribution in [3.63, 3.8) is 0 Å². The van der Waals surface area contributed by atoms with Crippen molar-refractivity contribution in [2.75, 3.05) is 0 Å². The van der Waals surface area contributed by atoms with Crippen LogP contribution < -0.4 is 5.48 Å². The molecule has 0 radical (unpaired) electrons. The van der Waals surface area contributed by atoms with E-state index in [-0.39, 0.29) is 5.75 Å². The maximum absolute atomic E-state index is 11.0. The van der Waals surface area contributed by atoms with Gasteiger partial charge in [0, 0.05) is 6.42 Å². The monoisotopic (exact) mass is 288 g/mol. The summed E-state index contributed by atoms with van der Waals surface area (Å²) in [5.74, 6) is 0.773. The number of phenolic OH excluding ortho intramolecular Hbond substituents is 1. The zero-order valence-corrected chi connectivity index (χ0v) is 11.3. The van der Waals surface area contributed by atoms with Gasteiger partial charge < -0.3 is 5.11 Å². The van der Waals surface area contributed by atoms with E-state index in [1.807, 2.05) is 30.3 Å². The highest BCUT2D eigenvalue weighted by molar-refractivity contribution is 7.79. The first-order valence-corrected chi connectivity index (χ1v) is 7.05. The van der Waals surface area contributed by atoms with Crippen LogP contribution in [0.1, 0.15) is 5.56 Å². The van der Waals surface area contributed by atoms with E-state index < -0.39 is 11.3 Å². The van der Waals surface area contributed by atoms with Gasteiger partial charge in [0.05, 0.1) is 0 Å². The Morgan fingerprint density at radius 1 is 1.15 bits per heavy atom. The summed E-state index contributed by atoms with van der Waals surface area (Å²) in [7, 11) is 0. The highest BCUT2D eigenvalue weighted by Crippen LogP contribution is 2.24. The Kier molecular flexibility index (Phi) is 3.49. The van der Waals surface area contributed by atoms with Gasteiger partial charge in [-0.2, -0.15) is 4.28 Å². The molecule has 2 aromatic rings. The molecule has 0 aliphatic carbocycles. The Bertz CT molecular complexity index is 700. The van der Waals surface area contributed by atoms with E-state index in [1.54, 1.807) is 18.2 Å². The van der Waals surface area contributed by atoms with Crippen LogP contribution in [0.25, 0.3) is 11.1 Å². The number of rotatable bonds is 3. The third-order valence-electron chi connectivity index (χ3n) is 2.89. The molecule has 2 aromatic carbocycles. The fourth-order valence-electron chi connectivity index (χ4n) is 2.02. The van der Waals surface area contributed by atoms with Crippen LogP contribution in [0, 0.1) is 0 Å². The Morgan fingerprint density at radius 2 is 1.90 bits per heavy atom. The maximum Gasteiger partial charge on any atom is 0.309 e. The highest BCUT2D eigenvalue weighted by atomic mass is 32.2. The normalized spacial score (nSPS) is 17.6. The minimum absolute atomic E-state index is 0.235. The smallest absolute Gasteiger partial charge is 0.309 e. The number of nitrogens with one attached hydrogen (secondary N) is 1. The average molecular weight is 288 g/mol. The highest BCUT2D eigenvalue weighted by Gasteiger charge is 2.13. The Labute approximate surface area is 118 Å². The van der Waals surface area contributed by atoms with Crippen molar-refractivity contribution in [2.24, 2.45) is 4.40 Å². The lowest BCUT2D eigenvalue weighted by Gasteiger charge is -2.06. The molecule has 0 spiro atoms. The number of hydroxylamine groups is 1. The van der Waals surface area contributed by atoms with E-state index in [0.717, 1.165) is 16.7 Å². The number of benzene rings is 2. The second-order valence-corrected chi connectivity index (χ2v) is 5.15. The molecule has 3 rings (SSSR count). The first-order chi connectivity index (χ1) is 9.70. The Balaban J connectivity index is 1.86. The lowest BCUT2D eigenvalue weighted by molar-refractivity contribution is 0.303. The summed E-state index contributed by atoms with van der Waals surface area (Å²) < 4.78 is 19.5. The van der Waals surface area contributed by atoms with Crippen molar-refractivity contribution in [3.8, 4) is 16.9 Å². The molecule has 102 valence electrons. The van der Waals surface area contributed by atoms with Crippen molar-refractivity contribution in [1.29, 1.82) is 0 Å². The van der Waals surface area contributed by atoms with Crippen LogP contribution in [0.5, 0.6) is 5.75 Å². The minimum Gasteiger partial charge on any atom is -0.508 e. The van der Waals surface area contributed by atoms with E-state index in [1.165, 1.54) is 0 Å². The molecule has 1 aliphatic heterocycles. The molecule has 0 saturated carbocycles. The molecule has 1 aliphatic rings. The van der Waals surface area contributed by atoms with E-state index >= 15 is 0 Å². The van der Waals surface area contributed by atoms with E-state index in [4.69, 9.17) is 0 Å². The summed E-state index contributed by atoms with van der Waals surface area (Å²) in [4.78, 5) is 0. The quantitative estimate of drug-likeness (QED) is 0.907. The Morgan fingerprint density at radius 3 is 2.60 bits per heavy atom. The van der Waals surface area contributed by atoms with Gasteiger partial charge in [0.2, 0.25) is 0 Å². The predicted molar refractivity (Wildman–Crippen MR) is 77.0 cm³/mol. The van der Waals surface area contributed by atoms with Gasteiger partial charge in [-0.3, -0.25) is 0 Å². The predicted octanol–water partition coefficient (Wildman–Crippen LogP) is 2.11. The molecule has 5 nitrogen and oxygen atoms in total. The number of amidine groups is 1. The standard InChI is InChI=1S/C14H12N2O3S/c17-13-6-2-5-12(9-13)11-4-1-3-10(7-11)8-14-15-19-20(18)16-14/h1-7,9,17H,8H2,(H,15,16). The number of phenols is 1. The van der Waals surface area contributed by atoms with Crippen LogP contribution in [0.3, 0.4) is 0 Å². The van der Waals surface area contributed by atoms with E-state index in [9.17, 15) is 9.32 Å². The van der Waals surface area contributed by atoms with Crippen molar-refractivity contribution in [3.05, 3.63) is 54.1 Å². The molecule has 1 heterocycles. The van der Waals surface area contributed by atoms with Gasteiger partial charge in [-0.05, 0) is 28.8 Å². The number of nitrogens with zero attached hydrogens (tertiary/aromatic N) is 1. The first-order valence-electron chi connectivity index (χ1n) is 6.02. The molecule has 1 atom stereocenters. The third-order valence-corrected chi connectivity index (χ3v) is 3.49. The zero-order chi connectivity index (χ0) is 13.9. The number of hydrogen-bond donors (Lipinski definition) is 2. The topological polar surface area (TPSA) is 70.9 Å². The van der Waals surface area contributed by atoms with Crippen LogP contribution in [0.2, 0.25) is 0 Å². The van der Waals surface area contributed by atoms with E-state index in [0.29, 0.717) is 12.3 Å². The lowest BCUT2D eigenvalue weighted by Crippen LogP contribution is -2.18. The molecular formula is C14H12N2O3S. The molecule has 2 N–H and O–H groups in total. The molecule has 0 saturated heterocycles. The van der Waals surface area contributed by atoms with Crippen LogP contribution in [-0.2, 0) is 22.0 Å². The van der Waals surface area contributed by atoms with Crippen LogP contribution in [0.4, 0.5) is 0 Å². The second kappa shape index (κ2) is 5.44. The van der Waals surface area contributed by atoms with Crippen LogP contribution in [-0.4, -0.2) is 15.2 Å². The summed E-state index contributed by atoms with van der Waals surface area (Å²) in [5.41, 5.74) is 5.48. The van der Waals surface area contributed by atoms with Crippen molar-refractivity contribution in [1.82, 2.24) is 5.48 Å². The fourth-order valence-corrected chi connectivity index (χ4v) is 2.51. The summed E-state index contributed by atoms with van der Waals surface area (Å²) in [6, 6.07) is 14.9. The molecule has 0 aromatic heterocycles. The maximum atomic E-state index is 11.0. The summed E-state index contributed by atoms with van der Waals surface area (Å²) in [6.07, 6.45) is 0.512. The fraction of sp³-hybridized carbons (Fsp3) is 0.0714. The Hall–Kier alpha value is -2.18. The van der Waals surface area contributed by atoms with Gasteiger partial charge in [-0.1, -0.05) is 36.4 Å². The van der Waals surface area contributed by atoms with Gasteiger partial charge in [0.25, 0.3) is 0 Å². The minimum atomic E-state index is -1.63. The molecule has 0 bridgehead atoms. The third kappa shape index (κ3) is 2.87. The van der Waals surface area contributed by atoms with Gasteiger partial charge >= 0.3 is 11.3 Å². The van der Waals surface area contributed by atoms with Crippen molar-refractivity contribution >= 4 is 17.1 Å². The molecule has 0 amide bonds. The van der Waals surface area contributed by atoms with Gasteiger partial charge in [0.15, 0.2) is 0 Å². The second-order valence-electron chi connectivity index (χ2n) is 4.37. The summed E-state index contributed by atoms with van der Waals surface area (Å²) in [5, 5.41) is 9.52. The first kappa shape index (κ1) is 12.8. The molecule has 20 heavy (non-hydrogen) atoms. The lowest BCUT2D eigenvalue weighted by atomic mass is 10.0. The van der Waals surface area contributed by atoms with Crippen LogP contribution in [0.15, 0.2) is 52.9 Å². The van der Waals surface area contributed by atoms with Gasteiger partial charge in [-0.25, -0.2) is 9.69 Å². The van der Waals surface area contributed by atoms with Crippen molar-refractivity contribution in [2.45, 2.75) is 6.42 Å².